The number of thiophene rings is 1. The summed E-state index contributed by atoms with van der Waals surface area (Å²) in [6.45, 7) is 4.09. The zero-order valence-corrected chi connectivity index (χ0v) is 12.4. The highest BCUT2D eigenvalue weighted by atomic mass is 79.9. The van der Waals surface area contributed by atoms with Crippen molar-refractivity contribution in [3.63, 3.8) is 0 Å². The number of anilines is 1. The highest BCUT2D eigenvalue weighted by Gasteiger charge is 2.14. The van der Waals surface area contributed by atoms with Crippen molar-refractivity contribution in [1.29, 1.82) is 0 Å². The molecule has 0 atom stereocenters. The maximum absolute atomic E-state index is 11.9. The van der Waals surface area contributed by atoms with Gasteiger partial charge < -0.3 is 0 Å². The summed E-state index contributed by atoms with van der Waals surface area (Å²) in [5, 5.41) is 14.0. The smallest absolute Gasteiger partial charge is 0.268 e. The first-order valence-electron chi connectivity index (χ1n) is 4.95. The van der Waals surface area contributed by atoms with Gasteiger partial charge in [-0.1, -0.05) is 25.2 Å². The maximum atomic E-state index is 11.9. The van der Waals surface area contributed by atoms with Crippen molar-refractivity contribution in [1.82, 2.24) is 10.2 Å². The van der Waals surface area contributed by atoms with E-state index in [2.05, 4.69) is 31.4 Å². The molecule has 0 aliphatic heterocycles. The maximum Gasteiger partial charge on any atom is 0.268 e. The van der Waals surface area contributed by atoms with Crippen LogP contribution in [0.3, 0.4) is 0 Å². The zero-order chi connectivity index (χ0) is 12.4. The minimum Gasteiger partial charge on any atom is -0.296 e. The molecule has 2 aromatic heterocycles. The minimum absolute atomic E-state index is 0.154. The third-order valence-electron chi connectivity index (χ3n) is 1.98. The second kappa shape index (κ2) is 5.24. The summed E-state index contributed by atoms with van der Waals surface area (Å²) in [4.78, 5) is 12.5. The molecule has 0 spiro atoms. The molecule has 2 heterocycles. The molecule has 1 N–H and O–H groups in total. The Labute approximate surface area is 115 Å². The largest absolute Gasteiger partial charge is 0.296 e. The Morgan fingerprint density at radius 1 is 1.47 bits per heavy atom. The van der Waals surface area contributed by atoms with Crippen LogP contribution in [0.1, 0.15) is 34.4 Å². The molecule has 0 aliphatic carbocycles. The van der Waals surface area contributed by atoms with Gasteiger partial charge in [0.05, 0.1) is 0 Å². The normalized spacial score (nSPS) is 10.8. The van der Waals surface area contributed by atoms with E-state index in [1.807, 2.05) is 25.3 Å². The number of nitrogens with zero attached hydrogens (tertiary/aromatic N) is 2. The summed E-state index contributed by atoms with van der Waals surface area (Å²) in [5.41, 5.74) is 0. The van der Waals surface area contributed by atoms with Crippen LogP contribution in [0.2, 0.25) is 0 Å². The number of halogens is 1. The van der Waals surface area contributed by atoms with E-state index in [1.54, 1.807) is 0 Å². The molecule has 0 saturated carbocycles. The number of aromatic nitrogens is 2. The van der Waals surface area contributed by atoms with E-state index in [-0.39, 0.29) is 5.91 Å². The van der Waals surface area contributed by atoms with Gasteiger partial charge >= 0.3 is 0 Å². The van der Waals surface area contributed by atoms with Crippen molar-refractivity contribution in [2.24, 2.45) is 0 Å². The SMILES string of the molecule is CC(C)c1nnc(NC(=O)c2sccc2Br)s1. The van der Waals surface area contributed by atoms with Crippen LogP contribution in [0, 0.1) is 0 Å². The van der Waals surface area contributed by atoms with E-state index >= 15 is 0 Å². The van der Waals surface area contributed by atoms with Gasteiger partial charge in [0.2, 0.25) is 5.13 Å². The molecule has 2 rings (SSSR count). The van der Waals surface area contributed by atoms with Crippen LogP contribution in [0.25, 0.3) is 0 Å². The van der Waals surface area contributed by atoms with E-state index in [0.717, 1.165) is 9.48 Å². The van der Waals surface area contributed by atoms with Crippen molar-refractivity contribution in [2.45, 2.75) is 19.8 Å². The molecule has 0 unspecified atom stereocenters. The lowest BCUT2D eigenvalue weighted by Gasteiger charge is -1.98. The van der Waals surface area contributed by atoms with Crippen LogP contribution >= 0.6 is 38.6 Å². The standard InChI is InChI=1S/C10H10BrN3OS2/c1-5(2)9-13-14-10(17-9)12-8(15)7-6(11)3-4-16-7/h3-5H,1-2H3,(H,12,14,15). The predicted molar refractivity (Wildman–Crippen MR) is 74.0 cm³/mol. The topological polar surface area (TPSA) is 54.9 Å². The Morgan fingerprint density at radius 2 is 2.24 bits per heavy atom. The van der Waals surface area contributed by atoms with Crippen LogP contribution < -0.4 is 5.32 Å². The van der Waals surface area contributed by atoms with Crippen molar-refractivity contribution >= 4 is 49.6 Å². The first-order chi connectivity index (χ1) is 8.08. The average Bonchev–Trinajstić information content (AvgIpc) is 2.86. The van der Waals surface area contributed by atoms with Crippen LogP contribution in [0.4, 0.5) is 5.13 Å². The number of amides is 1. The molecule has 2 aromatic rings. The van der Waals surface area contributed by atoms with E-state index in [0.29, 0.717) is 15.9 Å². The number of carbonyl (C=O) groups excluding carboxylic acids is 1. The fourth-order valence-corrected chi connectivity index (χ4v) is 3.32. The monoisotopic (exact) mass is 331 g/mol. The molecule has 0 aromatic carbocycles. The summed E-state index contributed by atoms with van der Waals surface area (Å²) in [6.07, 6.45) is 0. The van der Waals surface area contributed by atoms with Gasteiger partial charge in [-0.3, -0.25) is 10.1 Å². The van der Waals surface area contributed by atoms with Crippen molar-refractivity contribution < 1.29 is 4.79 Å². The lowest BCUT2D eigenvalue weighted by Crippen LogP contribution is -2.10. The second-order valence-corrected chi connectivity index (χ2v) is 6.43. The third-order valence-corrected chi connectivity index (χ3v) is 4.95. The highest BCUT2D eigenvalue weighted by molar-refractivity contribution is 9.10. The Balaban J connectivity index is 2.11. The van der Waals surface area contributed by atoms with Gasteiger partial charge in [0.25, 0.3) is 5.91 Å². The summed E-state index contributed by atoms with van der Waals surface area (Å²) in [5.74, 6) is 0.171. The lowest BCUT2D eigenvalue weighted by molar-refractivity contribution is 0.103. The van der Waals surface area contributed by atoms with E-state index in [1.165, 1.54) is 22.7 Å². The summed E-state index contributed by atoms with van der Waals surface area (Å²) in [7, 11) is 0. The van der Waals surface area contributed by atoms with Gasteiger partial charge in [0, 0.05) is 10.4 Å². The molecule has 0 aliphatic rings. The molecule has 0 bridgehead atoms. The molecule has 1 amide bonds. The van der Waals surface area contributed by atoms with Crippen LogP contribution in [-0.4, -0.2) is 16.1 Å². The molecule has 90 valence electrons. The van der Waals surface area contributed by atoms with Crippen molar-refractivity contribution in [3.8, 4) is 0 Å². The quantitative estimate of drug-likeness (QED) is 0.932. The second-order valence-electron chi connectivity index (χ2n) is 3.65. The zero-order valence-electron chi connectivity index (χ0n) is 9.23. The summed E-state index contributed by atoms with van der Waals surface area (Å²) >= 11 is 6.12. The number of hydrogen-bond donors (Lipinski definition) is 1. The van der Waals surface area contributed by atoms with Gasteiger partial charge in [-0.25, -0.2) is 0 Å². The lowest BCUT2D eigenvalue weighted by atomic mass is 10.2. The first kappa shape index (κ1) is 12.7. The fraction of sp³-hybridized carbons (Fsp3) is 0.300. The van der Waals surface area contributed by atoms with E-state index < -0.39 is 0 Å². The number of nitrogens with one attached hydrogen (secondary N) is 1. The average molecular weight is 332 g/mol. The van der Waals surface area contributed by atoms with Gasteiger partial charge in [0.15, 0.2) is 0 Å². The molecule has 4 nitrogen and oxygen atoms in total. The Kier molecular flexibility index (Phi) is 3.90. The van der Waals surface area contributed by atoms with Crippen LogP contribution in [0.5, 0.6) is 0 Å². The predicted octanol–water partition coefficient (Wildman–Crippen LogP) is 3.74. The Hall–Kier alpha value is -0.790. The van der Waals surface area contributed by atoms with E-state index in [4.69, 9.17) is 0 Å². The molecule has 0 saturated heterocycles. The van der Waals surface area contributed by atoms with E-state index in [9.17, 15) is 4.79 Å². The van der Waals surface area contributed by atoms with Crippen LogP contribution in [0.15, 0.2) is 15.9 Å². The molecular formula is C10H10BrN3OS2. The third kappa shape index (κ3) is 2.91. The highest BCUT2D eigenvalue weighted by Crippen LogP contribution is 2.26. The van der Waals surface area contributed by atoms with Gasteiger partial charge in [-0.05, 0) is 27.4 Å². The molecule has 0 fully saturated rings. The number of carbonyl (C=O) groups is 1. The molecule has 0 radical (unpaired) electrons. The minimum atomic E-state index is -0.154. The Morgan fingerprint density at radius 3 is 2.76 bits per heavy atom. The van der Waals surface area contributed by atoms with Gasteiger partial charge in [-0.15, -0.1) is 21.5 Å². The summed E-state index contributed by atoms with van der Waals surface area (Å²) in [6, 6.07) is 1.85. The fourth-order valence-electron chi connectivity index (χ4n) is 1.13. The molecule has 17 heavy (non-hydrogen) atoms. The Bertz CT molecular complexity index is 535. The first-order valence-corrected chi connectivity index (χ1v) is 7.44. The van der Waals surface area contributed by atoms with Gasteiger partial charge in [-0.2, -0.15) is 0 Å². The number of hydrogen-bond acceptors (Lipinski definition) is 5. The van der Waals surface area contributed by atoms with Crippen LogP contribution in [-0.2, 0) is 0 Å². The van der Waals surface area contributed by atoms with Crippen molar-refractivity contribution in [3.05, 3.63) is 25.8 Å². The van der Waals surface area contributed by atoms with Crippen molar-refractivity contribution in [2.75, 3.05) is 5.32 Å². The summed E-state index contributed by atoms with van der Waals surface area (Å²) < 4.78 is 0.800. The number of rotatable bonds is 3. The molecule has 7 heteroatoms. The van der Waals surface area contributed by atoms with Gasteiger partial charge in [0.1, 0.15) is 9.88 Å². The molecular weight excluding hydrogens is 322 g/mol.